The number of aromatic nitrogens is 2. The van der Waals surface area contributed by atoms with Crippen molar-refractivity contribution in [2.75, 3.05) is 19.0 Å². The topological polar surface area (TPSA) is 58.1 Å². The van der Waals surface area contributed by atoms with E-state index >= 15 is 0 Å². The van der Waals surface area contributed by atoms with Gasteiger partial charge in [0.2, 0.25) is 5.95 Å². The van der Waals surface area contributed by atoms with Crippen LogP contribution in [0.15, 0.2) is 34.8 Å². The van der Waals surface area contributed by atoms with Gasteiger partial charge >= 0.3 is 0 Å². The van der Waals surface area contributed by atoms with Crippen LogP contribution in [0.1, 0.15) is 21.7 Å². The number of amides is 1. The predicted molar refractivity (Wildman–Crippen MR) is 86.4 cm³/mol. The minimum atomic E-state index is -0.134. The second kappa shape index (κ2) is 6.67. The molecule has 0 aliphatic carbocycles. The minimum absolute atomic E-state index is 0.134. The Hall–Kier alpha value is -1.95. The van der Waals surface area contributed by atoms with Crippen LogP contribution >= 0.6 is 15.9 Å². The van der Waals surface area contributed by atoms with Crippen molar-refractivity contribution in [3.63, 3.8) is 0 Å². The van der Waals surface area contributed by atoms with Crippen LogP contribution in [0.4, 0.5) is 5.95 Å². The summed E-state index contributed by atoms with van der Waals surface area (Å²) in [6, 6.07) is 9.19. The molecule has 6 heteroatoms. The maximum absolute atomic E-state index is 12.1. The van der Waals surface area contributed by atoms with Gasteiger partial charge < -0.3 is 10.2 Å². The van der Waals surface area contributed by atoms with E-state index in [0.29, 0.717) is 18.1 Å². The summed E-state index contributed by atoms with van der Waals surface area (Å²) < 4.78 is 0.773. The van der Waals surface area contributed by atoms with E-state index in [-0.39, 0.29) is 5.91 Å². The number of rotatable bonds is 4. The lowest BCUT2D eigenvalue weighted by Crippen LogP contribution is -2.24. The Morgan fingerprint density at radius 2 is 2.00 bits per heavy atom. The first-order valence-corrected chi connectivity index (χ1v) is 7.31. The molecule has 1 aromatic carbocycles. The van der Waals surface area contributed by atoms with E-state index in [4.69, 9.17) is 0 Å². The lowest BCUT2D eigenvalue weighted by molar-refractivity contribution is 0.0949. The van der Waals surface area contributed by atoms with Crippen LogP contribution < -0.4 is 10.2 Å². The lowest BCUT2D eigenvalue weighted by atomic mass is 10.2. The average Bonchev–Trinajstić information content (AvgIpc) is 2.44. The number of hydrogen-bond donors (Lipinski definition) is 1. The molecule has 0 saturated carbocycles. The summed E-state index contributed by atoms with van der Waals surface area (Å²) >= 11 is 3.37. The highest BCUT2D eigenvalue weighted by Crippen LogP contribution is 2.15. The van der Waals surface area contributed by atoms with Crippen molar-refractivity contribution in [3.8, 4) is 0 Å². The van der Waals surface area contributed by atoms with Gasteiger partial charge in [0.25, 0.3) is 5.91 Å². The molecule has 0 atom stereocenters. The van der Waals surface area contributed by atoms with Crippen LogP contribution in [0.5, 0.6) is 0 Å². The number of carbonyl (C=O) groups excluding carboxylic acids is 1. The fourth-order valence-corrected chi connectivity index (χ4v) is 2.28. The van der Waals surface area contributed by atoms with Gasteiger partial charge in [0.05, 0.1) is 17.8 Å². The van der Waals surface area contributed by atoms with E-state index < -0.39 is 0 Å². The Labute approximate surface area is 132 Å². The SMILES string of the molecule is Cc1cc(CNC(=O)c2ccccc2Br)nc(N(C)C)n1. The molecular formula is C15H17BrN4O. The van der Waals surface area contributed by atoms with Gasteiger partial charge in [-0.05, 0) is 41.1 Å². The zero-order valence-corrected chi connectivity index (χ0v) is 13.8. The van der Waals surface area contributed by atoms with Crippen molar-refractivity contribution >= 4 is 27.8 Å². The maximum Gasteiger partial charge on any atom is 0.252 e. The third kappa shape index (κ3) is 4.01. The maximum atomic E-state index is 12.1. The van der Waals surface area contributed by atoms with Crippen LogP contribution in [0.2, 0.25) is 0 Å². The van der Waals surface area contributed by atoms with E-state index in [0.717, 1.165) is 15.9 Å². The zero-order chi connectivity index (χ0) is 15.4. The number of hydrogen-bond acceptors (Lipinski definition) is 4. The third-order valence-corrected chi connectivity index (χ3v) is 3.54. The zero-order valence-electron chi connectivity index (χ0n) is 12.2. The molecule has 0 unspecified atom stereocenters. The van der Waals surface area contributed by atoms with Gasteiger partial charge in [-0.2, -0.15) is 0 Å². The fraction of sp³-hybridized carbons (Fsp3) is 0.267. The molecule has 0 aliphatic rings. The summed E-state index contributed by atoms with van der Waals surface area (Å²) in [5.74, 6) is 0.505. The first-order valence-electron chi connectivity index (χ1n) is 6.52. The Morgan fingerprint density at radius 1 is 1.29 bits per heavy atom. The van der Waals surface area contributed by atoms with Crippen LogP contribution in [0.25, 0.3) is 0 Å². The van der Waals surface area contributed by atoms with E-state index in [2.05, 4.69) is 31.2 Å². The number of carbonyl (C=O) groups is 1. The van der Waals surface area contributed by atoms with Crippen molar-refractivity contribution in [1.29, 1.82) is 0 Å². The molecule has 2 aromatic rings. The predicted octanol–water partition coefficient (Wildman–Crippen LogP) is 2.54. The number of nitrogens with one attached hydrogen (secondary N) is 1. The fourth-order valence-electron chi connectivity index (χ4n) is 1.82. The standard InChI is InChI=1S/C15H17BrN4O/c1-10-8-11(19-15(18-10)20(2)3)9-17-14(21)12-6-4-5-7-13(12)16/h4-8H,9H2,1-3H3,(H,17,21). The Bertz CT molecular complexity index is 658. The Kier molecular flexibility index (Phi) is 4.90. The molecule has 0 aliphatic heterocycles. The molecule has 110 valence electrons. The van der Waals surface area contributed by atoms with Crippen molar-refractivity contribution in [3.05, 3.63) is 51.8 Å². The van der Waals surface area contributed by atoms with Crippen LogP contribution in [-0.2, 0) is 6.54 Å². The molecule has 1 aromatic heterocycles. The van der Waals surface area contributed by atoms with Crippen molar-refractivity contribution in [2.45, 2.75) is 13.5 Å². The van der Waals surface area contributed by atoms with Crippen molar-refractivity contribution in [2.24, 2.45) is 0 Å². The smallest absolute Gasteiger partial charge is 0.252 e. The van der Waals surface area contributed by atoms with Crippen molar-refractivity contribution < 1.29 is 4.79 Å². The number of aryl methyl sites for hydroxylation is 1. The minimum Gasteiger partial charge on any atom is -0.347 e. The highest BCUT2D eigenvalue weighted by Gasteiger charge is 2.10. The highest BCUT2D eigenvalue weighted by molar-refractivity contribution is 9.10. The van der Waals surface area contributed by atoms with Crippen LogP contribution in [-0.4, -0.2) is 30.0 Å². The van der Waals surface area contributed by atoms with Gasteiger partial charge in [-0.1, -0.05) is 12.1 Å². The summed E-state index contributed by atoms with van der Waals surface area (Å²) in [5.41, 5.74) is 2.27. The molecule has 1 amide bonds. The van der Waals surface area contributed by atoms with E-state index in [9.17, 15) is 4.79 Å². The number of anilines is 1. The van der Waals surface area contributed by atoms with Gasteiger partial charge in [0.1, 0.15) is 0 Å². The molecule has 1 N–H and O–H groups in total. The van der Waals surface area contributed by atoms with Crippen LogP contribution in [0.3, 0.4) is 0 Å². The summed E-state index contributed by atoms with van der Waals surface area (Å²) in [6.45, 7) is 2.28. The van der Waals surface area contributed by atoms with Gasteiger partial charge in [0.15, 0.2) is 0 Å². The monoisotopic (exact) mass is 348 g/mol. The molecule has 0 radical (unpaired) electrons. The number of benzene rings is 1. The Morgan fingerprint density at radius 3 is 2.67 bits per heavy atom. The third-order valence-electron chi connectivity index (χ3n) is 2.84. The van der Waals surface area contributed by atoms with Crippen LogP contribution in [0, 0.1) is 6.92 Å². The quantitative estimate of drug-likeness (QED) is 0.922. The number of nitrogens with zero attached hydrogens (tertiary/aromatic N) is 3. The highest BCUT2D eigenvalue weighted by atomic mass is 79.9. The van der Waals surface area contributed by atoms with E-state index in [1.165, 1.54) is 0 Å². The van der Waals surface area contributed by atoms with E-state index in [1.807, 2.05) is 50.2 Å². The summed E-state index contributed by atoms with van der Waals surface area (Å²) in [5, 5.41) is 2.87. The summed E-state index contributed by atoms with van der Waals surface area (Å²) in [6.07, 6.45) is 0. The molecule has 2 rings (SSSR count). The molecule has 0 fully saturated rings. The summed E-state index contributed by atoms with van der Waals surface area (Å²) in [7, 11) is 3.77. The molecule has 1 heterocycles. The molecule has 0 saturated heterocycles. The second-order valence-electron chi connectivity index (χ2n) is 4.86. The van der Waals surface area contributed by atoms with Crippen molar-refractivity contribution in [1.82, 2.24) is 15.3 Å². The molecular weight excluding hydrogens is 332 g/mol. The number of halogens is 1. The van der Waals surface area contributed by atoms with E-state index in [1.54, 1.807) is 6.07 Å². The first kappa shape index (κ1) is 15.4. The molecule has 5 nitrogen and oxygen atoms in total. The summed E-state index contributed by atoms with van der Waals surface area (Å²) in [4.78, 5) is 22.7. The molecule has 21 heavy (non-hydrogen) atoms. The van der Waals surface area contributed by atoms with Gasteiger partial charge in [0, 0.05) is 24.3 Å². The van der Waals surface area contributed by atoms with Gasteiger partial charge in [-0.3, -0.25) is 4.79 Å². The molecule has 0 spiro atoms. The first-order chi connectivity index (χ1) is 9.97. The normalized spacial score (nSPS) is 10.3. The second-order valence-corrected chi connectivity index (χ2v) is 5.71. The molecule has 0 bridgehead atoms. The Balaban J connectivity index is 2.10. The van der Waals surface area contributed by atoms with Gasteiger partial charge in [-0.15, -0.1) is 0 Å². The average molecular weight is 349 g/mol. The van der Waals surface area contributed by atoms with Gasteiger partial charge in [-0.25, -0.2) is 9.97 Å². The lowest BCUT2D eigenvalue weighted by Gasteiger charge is -2.13. The largest absolute Gasteiger partial charge is 0.347 e.